The van der Waals surface area contributed by atoms with Gasteiger partial charge in [0.15, 0.2) is 5.11 Å². The first-order chi connectivity index (χ1) is 7.93. The van der Waals surface area contributed by atoms with Crippen LogP contribution in [0.5, 0.6) is 0 Å². The summed E-state index contributed by atoms with van der Waals surface area (Å²) in [6, 6.07) is 0. The molecule has 0 unspecified atom stereocenters. The summed E-state index contributed by atoms with van der Waals surface area (Å²) in [4.78, 5) is 6.50. The lowest BCUT2D eigenvalue weighted by molar-refractivity contribution is 0.367. The maximum Gasteiger partial charge on any atom is 0.168 e. The number of thiocarbonyl (C=S) groups is 1. The third kappa shape index (κ3) is 10.5. The van der Waals surface area contributed by atoms with Gasteiger partial charge in [-0.15, -0.1) is 0 Å². The Morgan fingerprint density at radius 1 is 0.882 bits per heavy atom. The lowest BCUT2D eigenvalue weighted by Gasteiger charge is -2.22. The van der Waals surface area contributed by atoms with Gasteiger partial charge in [-0.25, -0.2) is 0 Å². The first kappa shape index (κ1) is 16.6. The molecule has 0 atom stereocenters. The van der Waals surface area contributed by atoms with Gasteiger partial charge in [-0.3, -0.25) is 0 Å². The molecular formula is C12H28N4S. The van der Waals surface area contributed by atoms with Crippen LogP contribution in [0, 0.1) is 0 Å². The van der Waals surface area contributed by atoms with E-state index in [0.29, 0.717) is 0 Å². The molecule has 0 amide bonds. The first-order valence-corrected chi connectivity index (χ1v) is 6.62. The fourth-order valence-corrected chi connectivity index (χ4v) is 1.64. The fraction of sp³-hybridized carbons (Fsp3) is 0.917. The highest BCUT2D eigenvalue weighted by atomic mass is 32.1. The molecule has 0 aliphatic rings. The van der Waals surface area contributed by atoms with Crippen molar-refractivity contribution in [3.8, 4) is 0 Å². The predicted octanol–water partition coefficient (Wildman–Crippen LogP) is 0.696. The molecule has 102 valence electrons. The standard InChI is InChI=1S/C12H28N4S/c1-14(2)9-6-8-13-12(17)16(5)11-7-10-15(3)4/h6-11H2,1-5H3,(H,13,17). The molecule has 5 heteroatoms. The van der Waals surface area contributed by atoms with Gasteiger partial charge in [0.2, 0.25) is 0 Å². The SMILES string of the molecule is CN(C)CCCNC(=S)N(C)CCCN(C)C. The Balaban J connectivity index is 3.53. The zero-order valence-corrected chi connectivity index (χ0v) is 12.8. The van der Waals surface area contributed by atoms with Crippen LogP contribution in [-0.4, -0.2) is 81.2 Å². The van der Waals surface area contributed by atoms with Crippen molar-refractivity contribution in [3.05, 3.63) is 0 Å². The third-order valence-corrected chi connectivity index (χ3v) is 2.96. The molecule has 0 heterocycles. The lowest BCUT2D eigenvalue weighted by Crippen LogP contribution is -2.39. The van der Waals surface area contributed by atoms with E-state index >= 15 is 0 Å². The second-order valence-electron chi connectivity index (χ2n) is 4.97. The highest BCUT2D eigenvalue weighted by Gasteiger charge is 2.03. The Kier molecular flexibility index (Phi) is 9.40. The van der Waals surface area contributed by atoms with E-state index in [1.54, 1.807) is 0 Å². The minimum atomic E-state index is 0.863. The molecule has 0 spiro atoms. The Labute approximate surface area is 112 Å². The van der Waals surface area contributed by atoms with Gasteiger partial charge in [0.1, 0.15) is 0 Å². The molecule has 0 aliphatic heterocycles. The van der Waals surface area contributed by atoms with Crippen LogP contribution >= 0.6 is 12.2 Å². The van der Waals surface area contributed by atoms with E-state index in [1.165, 1.54) is 0 Å². The van der Waals surface area contributed by atoms with E-state index in [1.807, 2.05) is 0 Å². The molecule has 0 saturated heterocycles. The van der Waals surface area contributed by atoms with E-state index in [2.05, 4.69) is 55.3 Å². The van der Waals surface area contributed by atoms with Crippen LogP contribution in [0.25, 0.3) is 0 Å². The molecule has 0 aliphatic carbocycles. The topological polar surface area (TPSA) is 21.8 Å². The van der Waals surface area contributed by atoms with Crippen molar-refractivity contribution in [1.29, 1.82) is 0 Å². The summed E-state index contributed by atoms with van der Waals surface area (Å²) in [5.41, 5.74) is 0. The van der Waals surface area contributed by atoms with Gasteiger partial charge in [-0.1, -0.05) is 0 Å². The van der Waals surface area contributed by atoms with Crippen LogP contribution in [0.1, 0.15) is 12.8 Å². The van der Waals surface area contributed by atoms with Crippen LogP contribution < -0.4 is 5.32 Å². The molecule has 1 N–H and O–H groups in total. The molecule has 0 rings (SSSR count). The van der Waals surface area contributed by atoms with Crippen molar-refractivity contribution in [2.24, 2.45) is 0 Å². The fourth-order valence-electron chi connectivity index (χ4n) is 1.45. The smallest absolute Gasteiger partial charge is 0.168 e. The monoisotopic (exact) mass is 260 g/mol. The molecule has 0 saturated carbocycles. The zero-order chi connectivity index (χ0) is 13.3. The number of nitrogens with one attached hydrogen (secondary N) is 1. The molecule has 0 aromatic carbocycles. The van der Waals surface area contributed by atoms with Crippen LogP contribution in [-0.2, 0) is 0 Å². The van der Waals surface area contributed by atoms with Crippen molar-refractivity contribution in [3.63, 3.8) is 0 Å². The summed E-state index contributed by atoms with van der Waals surface area (Å²) >= 11 is 5.32. The Hall–Kier alpha value is -0.390. The summed E-state index contributed by atoms with van der Waals surface area (Å²) in [6.45, 7) is 4.17. The molecule has 17 heavy (non-hydrogen) atoms. The minimum absolute atomic E-state index is 0.863. The average molecular weight is 260 g/mol. The van der Waals surface area contributed by atoms with E-state index in [0.717, 1.165) is 44.1 Å². The second-order valence-corrected chi connectivity index (χ2v) is 5.35. The van der Waals surface area contributed by atoms with Crippen LogP contribution in [0.15, 0.2) is 0 Å². The molecular weight excluding hydrogens is 232 g/mol. The van der Waals surface area contributed by atoms with E-state index in [4.69, 9.17) is 12.2 Å². The highest BCUT2D eigenvalue weighted by Crippen LogP contribution is 1.91. The largest absolute Gasteiger partial charge is 0.363 e. The number of nitrogens with zero attached hydrogens (tertiary/aromatic N) is 3. The van der Waals surface area contributed by atoms with Gasteiger partial charge in [0.25, 0.3) is 0 Å². The van der Waals surface area contributed by atoms with E-state index in [9.17, 15) is 0 Å². The normalized spacial score (nSPS) is 11.0. The van der Waals surface area contributed by atoms with Crippen molar-refractivity contribution in [1.82, 2.24) is 20.0 Å². The van der Waals surface area contributed by atoms with Gasteiger partial charge in [-0.2, -0.15) is 0 Å². The molecule has 0 bridgehead atoms. The van der Waals surface area contributed by atoms with Gasteiger partial charge in [0.05, 0.1) is 0 Å². The van der Waals surface area contributed by atoms with Gasteiger partial charge in [-0.05, 0) is 66.3 Å². The number of rotatable bonds is 8. The third-order valence-electron chi connectivity index (χ3n) is 2.50. The van der Waals surface area contributed by atoms with Crippen LogP contribution in [0.4, 0.5) is 0 Å². The summed E-state index contributed by atoms with van der Waals surface area (Å²) in [6.07, 6.45) is 2.27. The van der Waals surface area contributed by atoms with Crippen molar-refractivity contribution >= 4 is 17.3 Å². The molecule has 4 nitrogen and oxygen atoms in total. The van der Waals surface area contributed by atoms with Gasteiger partial charge in [0, 0.05) is 20.1 Å². The Morgan fingerprint density at radius 2 is 1.41 bits per heavy atom. The maximum absolute atomic E-state index is 5.32. The van der Waals surface area contributed by atoms with Crippen molar-refractivity contribution < 1.29 is 0 Å². The van der Waals surface area contributed by atoms with Crippen molar-refractivity contribution in [2.75, 3.05) is 61.4 Å². The van der Waals surface area contributed by atoms with Gasteiger partial charge < -0.3 is 20.0 Å². The molecule has 0 radical (unpaired) electrons. The first-order valence-electron chi connectivity index (χ1n) is 6.22. The van der Waals surface area contributed by atoms with Crippen LogP contribution in [0.2, 0.25) is 0 Å². The summed E-state index contributed by atoms with van der Waals surface area (Å²) in [5, 5.41) is 4.16. The quantitative estimate of drug-likeness (QED) is 0.511. The second kappa shape index (κ2) is 9.62. The van der Waals surface area contributed by atoms with Gasteiger partial charge >= 0.3 is 0 Å². The van der Waals surface area contributed by atoms with Crippen molar-refractivity contribution in [2.45, 2.75) is 12.8 Å². The Bertz CT molecular complexity index is 207. The zero-order valence-electron chi connectivity index (χ0n) is 12.0. The molecule has 0 fully saturated rings. The molecule has 0 aromatic heterocycles. The Morgan fingerprint density at radius 3 is 1.94 bits per heavy atom. The maximum atomic E-state index is 5.32. The highest BCUT2D eigenvalue weighted by molar-refractivity contribution is 7.80. The molecule has 0 aromatic rings. The van der Waals surface area contributed by atoms with E-state index in [-0.39, 0.29) is 0 Å². The predicted molar refractivity (Wildman–Crippen MR) is 79.6 cm³/mol. The van der Waals surface area contributed by atoms with Crippen LogP contribution in [0.3, 0.4) is 0 Å². The number of hydrogen-bond donors (Lipinski definition) is 1. The average Bonchev–Trinajstić information content (AvgIpc) is 2.23. The summed E-state index contributed by atoms with van der Waals surface area (Å²) < 4.78 is 0. The number of hydrogen-bond acceptors (Lipinski definition) is 3. The summed E-state index contributed by atoms with van der Waals surface area (Å²) in [7, 11) is 10.4. The minimum Gasteiger partial charge on any atom is -0.363 e. The van der Waals surface area contributed by atoms with E-state index < -0.39 is 0 Å². The summed E-state index contributed by atoms with van der Waals surface area (Å²) in [5.74, 6) is 0. The lowest BCUT2D eigenvalue weighted by atomic mass is 10.4.